The molecule has 0 bridgehead atoms. The van der Waals surface area contributed by atoms with Crippen LogP contribution >= 0.6 is 0 Å². The molecule has 1 heterocycles. The quantitative estimate of drug-likeness (QED) is 0.771. The Bertz CT molecular complexity index is 201. The third kappa shape index (κ3) is 2.54. The van der Waals surface area contributed by atoms with Gasteiger partial charge in [0.05, 0.1) is 0 Å². The van der Waals surface area contributed by atoms with Crippen molar-refractivity contribution in [3.8, 4) is 0 Å². The molecule has 2 aliphatic rings. The van der Waals surface area contributed by atoms with Crippen LogP contribution < -0.4 is 5.73 Å². The summed E-state index contributed by atoms with van der Waals surface area (Å²) < 4.78 is 0. The predicted molar refractivity (Wildman–Crippen MR) is 64.7 cm³/mol. The molecule has 0 aromatic carbocycles. The second-order valence-electron chi connectivity index (χ2n) is 5.50. The van der Waals surface area contributed by atoms with Gasteiger partial charge >= 0.3 is 0 Å². The molecule has 2 fully saturated rings. The fourth-order valence-electron chi connectivity index (χ4n) is 3.14. The van der Waals surface area contributed by atoms with E-state index in [1.165, 1.54) is 38.6 Å². The minimum absolute atomic E-state index is 0.666. The molecule has 3 atom stereocenters. The van der Waals surface area contributed by atoms with Crippen LogP contribution in [-0.4, -0.2) is 30.1 Å². The van der Waals surface area contributed by atoms with Gasteiger partial charge < -0.3 is 5.73 Å². The van der Waals surface area contributed by atoms with Crippen LogP contribution in [0.3, 0.4) is 0 Å². The molecule has 3 unspecified atom stereocenters. The van der Waals surface area contributed by atoms with Gasteiger partial charge in [-0.1, -0.05) is 13.3 Å². The summed E-state index contributed by atoms with van der Waals surface area (Å²) in [5.41, 5.74) is 5.93. The average Bonchev–Trinajstić information content (AvgIpc) is 3.11. The monoisotopic (exact) mass is 210 g/mol. The number of piperidine rings is 1. The molecule has 0 aromatic rings. The molecular formula is C13H26N2. The van der Waals surface area contributed by atoms with E-state index >= 15 is 0 Å². The lowest BCUT2D eigenvalue weighted by molar-refractivity contribution is 0.0682. The highest BCUT2D eigenvalue weighted by Crippen LogP contribution is 2.38. The molecule has 0 radical (unpaired) electrons. The number of hydrogen-bond acceptors (Lipinski definition) is 2. The summed E-state index contributed by atoms with van der Waals surface area (Å²) in [4.78, 5) is 2.70. The van der Waals surface area contributed by atoms with Crippen molar-refractivity contribution >= 4 is 0 Å². The highest BCUT2D eigenvalue weighted by molar-refractivity contribution is 4.91. The van der Waals surface area contributed by atoms with Gasteiger partial charge in [-0.25, -0.2) is 0 Å². The van der Waals surface area contributed by atoms with Crippen molar-refractivity contribution in [3.63, 3.8) is 0 Å². The largest absolute Gasteiger partial charge is 0.329 e. The molecule has 0 amide bonds. The topological polar surface area (TPSA) is 29.3 Å². The molecule has 2 rings (SSSR count). The Balaban J connectivity index is 1.92. The first-order chi connectivity index (χ1) is 7.26. The summed E-state index contributed by atoms with van der Waals surface area (Å²) in [5, 5.41) is 0. The van der Waals surface area contributed by atoms with Gasteiger partial charge in [0, 0.05) is 18.6 Å². The van der Waals surface area contributed by atoms with Gasteiger partial charge in [-0.3, -0.25) is 4.90 Å². The summed E-state index contributed by atoms with van der Waals surface area (Å²) in [6.45, 7) is 6.87. The number of nitrogens with zero attached hydrogens (tertiary/aromatic N) is 1. The summed E-state index contributed by atoms with van der Waals surface area (Å²) in [5.74, 6) is 1.92. The Morgan fingerprint density at radius 2 is 2.07 bits per heavy atom. The summed E-state index contributed by atoms with van der Waals surface area (Å²) in [7, 11) is 0. The molecule has 1 aliphatic heterocycles. The smallest absolute Gasteiger partial charge is 0.0223 e. The summed E-state index contributed by atoms with van der Waals surface area (Å²) in [6, 6.07) is 1.45. The van der Waals surface area contributed by atoms with Crippen molar-refractivity contribution < 1.29 is 0 Å². The molecule has 1 saturated carbocycles. The van der Waals surface area contributed by atoms with Crippen LogP contribution in [0.5, 0.6) is 0 Å². The highest BCUT2D eigenvalue weighted by Gasteiger charge is 2.37. The number of rotatable bonds is 4. The van der Waals surface area contributed by atoms with Gasteiger partial charge in [-0.15, -0.1) is 0 Å². The number of hydrogen-bond donors (Lipinski definition) is 1. The second kappa shape index (κ2) is 4.84. The van der Waals surface area contributed by atoms with Gasteiger partial charge in [-0.05, 0) is 51.0 Å². The minimum Gasteiger partial charge on any atom is -0.329 e. The normalized spacial score (nSPS) is 35.4. The zero-order chi connectivity index (χ0) is 10.8. The SMILES string of the molecule is CCC1CCN(C(C)C2CC2)C(CN)C1. The van der Waals surface area contributed by atoms with Crippen molar-refractivity contribution in [1.29, 1.82) is 0 Å². The van der Waals surface area contributed by atoms with Gasteiger partial charge in [-0.2, -0.15) is 0 Å². The van der Waals surface area contributed by atoms with Gasteiger partial charge in [0.1, 0.15) is 0 Å². The highest BCUT2D eigenvalue weighted by atomic mass is 15.2. The Hall–Kier alpha value is -0.0800. The van der Waals surface area contributed by atoms with Crippen LogP contribution in [-0.2, 0) is 0 Å². The van der Waals surface area contributed by atoms with Crippen LogP contribution in [0.25, 0.3) is 0 Å². The third-order valence-electron chi connectivity index (χ3n) is 4.55. The minimum atomic E-state index is 0.666. The third-order valence-corrected chi connectivity index (χ3v) is 4.55. The van der Waals surface area contributed by atoms with E-state index in [1.54, 1.807) is 0 Å². The average molecular weight is 210 g/mol. The molecule has 0 spiro atoms. The van der Waals surface area contributed by atoms with Crippen molar-refractivity contribution in [1.82, 2.24) is 4.90 Å². The van der Waals surface area contributed by atoms with E-state index in [-0.39, 0.29) is 0 Å². The van der Waals surface area contributed by atoms with Gasteiger partial charge in [0.2, 0.25) is 0 Å². The molecule has 2 heteroatoms. The van der Waals surface area contributed by atoms with Crippen LogP contribution in [0.4, 0.5) is 0 Å². The Morgan fingerprint density at radius 3 is 2.60 bits per heavy atom. The van der Waals surface area contributed by atoms with E-state index in [4.69, 9.17) is 5.73 Å². The Kier molecular flexibility index (Phi) is 3.68. The van der Waals surface area contributed by atoms with Crippen molar-refractivity contribution in [2.45, 2.75) is 58.0 Å². The first-order valence-electron chi connectivity index (χ1n) is 6.72. The van der Waals surface area contributed by atoms with E-state index in [2.05, 4.69) is 18.7 Å². The summed E-state index contributed by atoms with van der Waals surface area (Å²) in [6.07, 6.45) is 6.97. The molecule has 15 heavy (non-hydrogen) atoms. The van der Waals surface area contributed by atoms with Crippen LogP contribution in [0.1, 0.15) is 46.0 Å². The fourth-order valence-corrected chi connectivity index (χ4v) is 3.14. The Labute approximate surface area is 94.2 Å². The van der Waals surface area contributed by atoms with Crippen LogP contribution in [0, 0.1) is 11.8 Å². The standard InChI is InChI=1S/C13H26N2/c1-3-11-6-7-15(13(8-11)9-14)10(2)12-4-5-12/h10-13H,3-9,14H2,1-2H3. The van der Waals surface area contributed by atoms with E-state index < -0.39 is 0 Å². The van der Waals surface area contributed by atoms with E-state index in [0.29, 0.717) is 6.04 Å². The molecule has 88 valence electrons. The molecular weight excluding hydrogens is 184 g/mol. The molecule has 1 saturated heterocycles. The van der Waals surface area contributed by atoms with Crippen molar-refractivity contribution in [3.05, 3.63) is 0 Å². The lowest BCUT2D eigenvalue weighted by Crippen LogP contribution is -2.51. The maximum atomic E-state index is 5.93. The maximum absolute atomic E-state index is 5.93. The number of likely N-dealkylation sites (tertiary alicyclic amines) is 1. The van der Waals surface area contributed by atoms with E-state index in [1.807, 2.05) is 0 Å². The molecule has 1 aliphatic carbocycles. The molecule has 2 N–H and O–H groups in total. The Morgan fingerprint density at radius 1 is 1.33 bits per heavy atom. The van der Waals surface area contributed by atoms with Crippen molar-refractivity contribution in [2.24, 2.45) is 17.6 Å². The van der Waals surface area contributed by atoms with Crippen LogP contribution in [0.15, 0.2) is 0 Å². The number of nitrogens with two attached hydrogens (primary N) is 1. The zero-order valence-electron chi connectivity index (χ0n) is 10.3. The summed E-state index contributed by atoms with van der Waals surface area (Å²) >= 11 is 0. The van der Waals surface area contributed by atoms with Crippen molar-refractivity contribution in [2.75, 3.05) is 13.1 Å². The zero-order valence-corrected chi connectivity index (χ0v) is 10.3. The lowest BCUT2D eigenvalue weighted by Gasteiger charge is -2.42. The van der Waals surface area contributed by atoms with Crippen LogP contribution in [0.2, 0.25) is 0 Å². The molecule has 2 nitrogen and oxygen atoms in total. The lowest BCUT2D eigenvalue weighted by atomic mass is 9.87. The predicted octanol–water partition coefficient (Wildman–Crippen LogP) is 2.23. The first-order valence-corrected chi connectivity index (χ1v) is 6.72. The molecule has 0 aromatic heterocycles. The van der Waals surface area contributed by atoms with Gasteiger partial charge in [0.25, 0.3) is 0 Å². The second-order valence-corrected chi connectivity index (χ2v) is 5.50. The van der Waals surface area contributed by atoms with E-state index in [0.717, 1.165) is 24.4 Å². The fraction of sp³-hybridized carbons (Fsp3) is 1.00. The first kappa shape index (κ1) is 11.4. The van der Waals surface area contributed by atoms with Gasteiger partial charge in [0.15, 0.2) is 0 Å². The maximum Gasteiger partial charge on any atom is 0.0223 e. The van der Waals surface area contributed by atoms with E-state index in [9.17, 15) is 0 Å².